The molecule has 0 heterocycles. The van der Waals surface area contributed by atoms with Crippen LogP contribution in [0.3, 0.4) is 0 Å². The lowest BCUT2D eigenvalue weighted by Gasteiger charge is -2.08. The third kappa shape index (κ3) is 6.55. The molecule has 0 amide bonds. The van der Waals surface area contributed by atoms with Crippen LogP contribution in [-0.4, -0.2) is 31.6 Å². The summed E-state index contributed by atoms with van der Waals surface area (Å²) in [6.07, 6.45) is -0.0104. The first-order valence-electron chi connectivity index (χ1n) is 8.38. The molecule has 0 bridgehead atoms. The molecule has 2 rings (SSSR count). The van der Waals surface area contributed by atoms with E-state index in [1.54, 1.807) is 24.3 Å². The topological polar surface area (TPSA) is 61.8 Å². The van der Waals surface area contributed by atoms with E-state index in [1.165, 1.54) is 24.3 Å². The quantitative estimate of drug-likeness (QED) is 0.366. The molecular formula is C20H21FO5. The van der Waals surface area contributed by atoms with E-state index in [4.69, 9.17) is 14.2 Å². The molecule has 2 aromatic rings. The highest BCUT2D eigenvalue weighted by Crippen LogP contribution is 2.17. The van der Waals surface area contributed by atoms with Gasteiger partial charge in [0, 0.05) is 12.0 Å². The monoisotopic (exact) mass is 360 g/mol. The first-order valence-corrected chi connectivity index (χ1v) is 8.38. The molecule has 0 fully saturated rings. The molecular weight excluding hydrogens is 339 g/mol. The van der Waals surface area contributed by atoms with Gasteiger partial charge in [-0.3, -0.25) is 9.59 Å². The van der Waals surface area contributed by atoms with Crippen LogP contribution < -0.4 is 9.47 Å². The Morgan fingerprint density at radius 1 is 0.846 bits per heavy atom. The van der Waals surface area contributed by atoms with Gasteiger partial charge in [-0.05, 0) is 55.5 Å². The van der Waals surface area contributed by atoms with Crippen molar-refractivity contribution in [2.24, 2.45) is 0 Å². The van der Waals surface area contributed by atoms with Crippen molar-refractivity contribution in [1.29, 1.82) is 0 Å². The summed E-state index contributed by atoms with van der Waals surface area (Å²) in [5.41, 5.74) is 0.373. The summed E-state index contributed by atoms with van der Waals surface area (Å²) in [4.78, 5) is 23.5. The van der Waals surface area contributed by atoms with Gasteiger partial charge in [0.2, 0.25) is 0 Å². The Labute approximate surface area is 151 Å². The van der Waals surface area contributed by atoms with E-state index >= 15 is 0 Å². The van der Waals surface area contributed by atoms with Crippen LogP contribution in [0, 0.1) is 5.82 Å². The molecule has 0 unspecified atom stereocenters. The number of esters is 1. The van der Waals surface area contributed by atoms with Crippen molar-refractivity contribution in [3.63, 3.8) is 0 Å². The number of hydrogen-bond donors (Lipinski definition) is 0. The predicted molar refractivity (Wildman–Crippen MR) is 94.0 cm³/mol. The molecule has 6 heteroatoms. The second kappa shape index (κ2) is 10.2. The van der Waals surface area contributed by atoms with E-state index < -0.39 is 11.8 Å². The smallest absolute Gasteiger partial charge is 0.306 e. The highest BCUT2D eigenvalue weighted by molar-refractivity contribution is 5.97. The zero-order valence-electron chi connectivity index (χ0n) is 14.6. The van der Waals surface area contributed by atoms with E-state index in [1.807, 2.05) is 6.92 Å². The number of hydrogen-bond acceptors (Lipinski definition) is 5. The summed E-state index contributed by atoms with van der Waals surface area (Å²) in [5.74, 6) is 0.296. The molecule has 2 aromatic carbocycles. The normalized spacial score (nSPS) is 10.2. The summed E-state index contributed by atoms with van der Waals surface area (Å²) in [7, 11) is 0. The van der Waals surface area contributed by atoms with Crippen LogP contribution in [0.4, 0.5) is 4.39 Å². The first kappa shape index (κ1) is 19.4. The number of rotatable bonds is 10. The fourth-order valence-corrected chi connectivity index (χ4v) is 2.18. The molecule has 0 saturated carbocycles. The van der Waals surface area contributed by atoms with Crippen molar-refractivity contribution in [2.45, 2.75) is 19.8 Å². The van der Waals surface area contributed by atoms with Gasteiger partial charge in [-0.2, -0.15) is 0 Å². The third-order valence-electron chi connectivity index (χ3n) is 3.47. The van der Waals surface area contributed by atoms with Crippen LogP contribution in [0.25, 0.3) is 0 Å². The van der Waals surface area contributed by atoms with Crippen molar-refractivity contribution in [3.8, 4) is 11.5 Å². The Morgan fingerprint density at radius 2 is 1.46 bits per heavy atom. The van der Waals surface area contributed by atoms with Crippen LogP contribution in [0.1, 0.15) is 30.1 Å². The van der Waals surface area contributed by atoms with Gasteiger partial charge in [0.25, 0.3) is 0 Å². The Hall–Kier alpha value is -2.89. The van der Waals surface area contributed by atoms with Crippen LogP contribution in [-0.2, 0) is 9.53 Å². The number of Topliss-reactive ketones (excluding diaryl/α,β-unsaturated/α-hetero) is 1. The number of carbonyl (C=O) groups excluding carboxylic acids is 2. The number of benzene rings is 2. The standard InChI is InChI=1S/C20H21FO5/c1-2-24-17-7-9-18(10-8-17)25-13-14-26-20(23)12-11-19(22)15-3-5-16(21)6-4-15/h3-10H,2,11-14H2,1H3. The minimum atomic E-state index is -0.476. The van der Waals surface area contributed by atoms with E-state index in [2.05, 4.69) is 0 Å². The third-order valence-corrected chi connectivity index (χ3v) is 3.47. The van der Waals surface area contributed by atoms with Gasteiger partial charge in [-0.15, -0.1) is 0 Å². The molecule has 138 valence electrons. The fraction of sp³-hybridized carbons (Fsp3) is 0.300. The zero-order valence-corrected chi connectivity index (χ0v) is 14.6. The Balaban J connectivity index is 1.62. The van der Waals surface area contributed by atoms with Gasteiger partial charge in [0.1, 0.15) is 30.5 Å². The summed E-state index contributed by atoms with van der Waals surface area (Å²) < 4.78 is 28.6. The molecule has 0 N–H and O–H groups in total. The van der Waals surface area contributed by atoms with E-state index in [9.17, 15) is 14.0 Å². The number of ketones is 1. The minimum Gasteiger partial charge on any atom is -0.494 e. The lowest BCUT2D eigenvalue weighted by Crippen LogP contribution is -2.13. The highest BCUT2D eigenvalue weighted by Gasteiger charge is 2.10. The Bertz CT molecular complexity index is 710. The van der Waals surface area contributed by atoms with Crippen molar-refractivity contribution < 1.29 is 28.2 Å². The average Bonchev–Trinajstić information content (AvgIpc) is 2.65. The van der Waals surface area contributed by atoms with Crippen LogP contribution in [0.15, 0.2) is 48.5 Å². The van der Waals surface area contributed by atoms with E-state index in [0.717, 1.165) is 5.75 Å². The summed E-state index contributed by atoms with van der Waals surface area (Å²) >= 11 is 0. The number of halogens is 1. The Kier molecular flexibility index (Phi) is 7.61. The number of carbonyl (C=O) groups is 2. The Morgan fingerprint density at radius 3 is 2.08 bits per heavy atom. The van der Waals surface area contributed by atoms with Crippen LogP contribution in [0.2, 0.25) is 0 Å². The highest BCUT2D eigenvalue weighted by atomic mass is 19.1. The largest absolute Gasteiger partial charge is 0.494 e. The predicted octanol–water partition coefficient (Wildman–Crippen LogP) is 3.81. The lowest BCUT2D eigenvalue weighted by atomic mass is 10.1. The van der Waals surface area contributed by atoms with Gasteiger partial charge in [0.05, 0.1) is 13.0 Å². The lowest BCUT2D eigenvalue weighted by molar-refractivity contribution is -0.144. The molecule has 0 aliphatic rings. The van der Waals surface area contributed by atoms with Gasteiger partial charge >= 0.3 is 5.97 Å². The molecule has 0 atom stereocenters. The molecule has 26 heavy (non-hydrogen) atoms. The first-order chi connectivity index (χ1) is 12.6. The second-order valence-corrected chi connectivity index (χ2v) is 5.40. The maximum atomic E-state index is 12.8. The van der Waals surface area contributed by atoms with Crippen molar-refractivity contribution >= 4 is 11.8 Å². The van der Waals surface area contributed by atoms with Crippen LogP contribution in [0.5, 0.6) is 11.5 Å². The number of ether oxygens (including phenoxy) is 3. The summed E-state index contributed by atoms with van der Waals surface area (Å²) in [6.45, 7) is 2.81. The van der Waals surface area contributed by atoms with Gasteiger partial charge in [-0.1, -0.05) is 0 Å². The fourth-order valence-electron chi connectivity index (χ4n) is 2.18. The maximum Gasteiger partial charge on any atom is 0.306 e. The average molecular weight is 360 g/mol. The molecule has 0 aliphatic carbocycles. The SMILES string of the molecule is CCOc1ccc(OCCOC(=O)CCC(=O)c2ccc(F)cc2)cc1. The van der Waals surface area contributed by atoms with Gasteiger partial charge < -0.3 is 14.2 Å². The molecule has 0 aliphatic heterocycles. The van der Waals surface area contributed by atoms with E-state index in [0.29, 0.717) is 17.9 Å². The minimum absolute atomic E-state index is 0.0181. The molecule has 5 nitrogen and oxygen atoms in total. The van der Waals surface area contributed by atoms with Crippen molar-refractivity contribution in [1.82, 2.24) is 0 Å². The van der Waals surface area contributed by atoms with Crippen molar-refractivity contribution in [3.05, 3.63) is 59.9 Å². The molecule has 0 radical (unpaired) electrons. The maximum absolute atomic E-state index is 12.8. The zero-order chi connectivity index (χ0) is 18.8. The van der Waals surface area contributed by atoms with Gasteiger partial charge in [0.15, 0.2) is 5.78 Å². The molecule has 0 aromatic heterocycles. The van der Waals surface area contributed by atoms with Gasteiger partial charge in [-0.25, -0.2) is 4.39 Å². The summed E-state index contributed by atoms with van der Waals surface area (Å²) in [5, 5.41) is 0. The van der Waals surface area contributed by atoms with Crippen LogP contribution >= 0.6 is 0 Å². The van der Waals surface area contributed by atoms with E-state index in [-0.39, 0.29) is 31.8 Å². The second-order valence-electron chi connectivity index (χ2n) is 5.40. The van der Waals surface area contributed by atoms with Crippen molar-refractivity contribution in [2.75, 3.05) is 19.8 Å². The summed E-state index contributed by atoms with van der Waals surface area (Å²) in [6, 6.07) is 12.4. The molecule has 0 spiro atoms. The molecule has 0 saturated heterocycles.